The molecule has 0 saturated heterocycles. The number of imide groups is 1. The van der Waals surface area contributed by atoms with Crippen LogP contribution in [0.4, 0.5) is 0 Å². The van der Waals surface area contributed by atoms with Gasteiger partial charge in [0.05, 0.1) is 19.8 Å². The van der Waals surface area contributed by atoms with Crippen molar-refractivity contribution in [1.29, 1.82) is 0 Å². The molecule has 0 aromatic rings. The second-order valence-corrected chi connectivity index (χ2v) is 6.26. The largest absolute Gasteiger partial charge is 0.379 e. The van der Waals surface area contributed by atoms with Crippen LogP contribution in [0, 0.1) is 11.3 Å². The maximum Gasteiger partial charge on any atom is 0.253 e. The van der Waals surface area contributed by atoms with Gasteiger partial charge in [0.25, 0.3) is 11.8 Å². The van der Waals surface area contributed by atoms with Crippen molar-refractivity contribution >= 4 is 17.6 Å². The highest BCUT2D eigenvalue weighted by Gasteiger charge is 2.39. The molecule has 110 valence electrons. The Labute approximate surface area is 119 Å². The lowest BCUT2D eigenvalue weighted by Gasteiger charge is -2.41. The van der Waals surface area contributed by atoms with Gasteiger partial charge in [-0.2, -0.15) is 0 Å². The highest BCUT2D eigenvalue weighted by atomic mass is 16.5. The summed E-state index contributed by atoms with van der Waals surface area (Å²) in [6, 6.07) is 0. The third-order valence-corrected chi connectivity index (χ3v) is 3.91. The first kappa shape index (κ1) is 14.9. The molecule has 2 rings (SSSR count). The van der Waals surface area contributed by atoms with Gasteiger partial charge in [-0.1, -0.05) is 13.8 Å². The van der Waals surface area contributed by atoms with Gasteiger partial charge in [0.1, 0.15) is 5.78 Å². The molecule has 0 aromatic carbocycles. The van der Waals surface area contributed by atoms with E-state index in [4.69, 9.17) is 4.74 Å². The van der Waals surface area contributed by atoms with Gasteiger partial charge in [0, 0.05) is 24.5 Å². The summed E-state index contributed by atoms with van der Waals surface area (Å²) in [5.74, 6) is -0.142. The molecule has 0 atom stereocenters. The Morgan fingerprint density at radius 3 is 2.40 bits per heavy atom. The van der Waals surface area contributed by atoms with E-state index in [-0.39, 0.29) is 36.7 Å². The Morgan fingerprint density at radius 2 is 1.85 bits per heavy atom. The molecule has 20 heavy (non-hydrogen) atoms. The zero-order chi connectivity index (χ0) is 14.8. The number of carbonyl (C=O) groups excluding carboxylic acids is 3. The van der Waals surface area contributed by atoms with Crippen LogP contribution in [0.15, 0.2) is 12.2 Å². The molecule has 0 aromatic heterocycles. The normalized spacial score (nSPS) is 21.4. The van der Waals surface area contributed by atoms with E-state index in [0.717, 1.165) is 17.7 Å². The van der Waals surface area contributed by atoms with Gasteiger partial charge in [-0.3, -0.25) is 19.3 Å². The molecular formula is C15H21NO4. The van der Waals surface area contributed by atoms with Crippen LogP contribution in [0.3, 0.4) is 0 Å². The predicted octanol–water partition coefficient (Wildman–Crippen LogP) is 1.32. The summed E-state index contributed by atoms with van der Waals surface area (Å²) in [5, 5.41) is 0. The minimum absolute atomic E-state index is 0.194. The zero-order valence-corrected chi connectivity index (χ0v) is 12.1. The Balaban J connectivity index is 1.55. The van der Waals surface area contributed by atoms with Gasteiger partial charge in [0.2, 0.25) is 0 Å². The number of carbonyl (C=O) groups is 3. The summed E-state index contributed by atoms with van der Waals surface area (Å²) in [5.41, 5.74) is 0.310. The monoisotopic (exact) mass is 279 g/mol. The number of hydrogen-bond donors (Lipinski definition) is 0. The minimum Gasteiger partial charge on any atom is -0.379 e. The lowest BCUT2D eigenvalue weighted by molar-refractivity contribution is -0.138. The lowest BCUT2D eigenvalue weighted by Crippen LogP contribution is -2.37. The molecule has 0 bridgehead atoms. The Bertz CT molecular complexity index is 427. The summed E-state index contributed by atoms with van der Waals surface area (Å²) >= 11 is 0. The van der Waals surface area contributed by atoms with Crippen molar-refractivity contribution in [1.82, 2.24) is 4.90 Å². The van der Waals surface area contributed by atoms with Crippen molar-refractivity contribution in [3.8, 4) is 0 Å². The summed E-state index contributed by atoms with van der Waals surface area (Å²) in [7, 11) is 0. The molecule has 0 radical (unpaired) electrons. The van der Waals surface area contributed by atoms with E-state index in [9.17, 15) is 14.4 Å². The summed E-state index contributed by atoms with van der Waals surface area (Å²) in [6.07, 6.45) is 4.86. The highest BCUT2D eigenvalue weighted by molar-refractivity contribution is 6.12. The minimum atomic E-state index is -0.300. The molecule has 2 aliphatic rings. The van der Waals surface area contributed by atoms with Crippen molar-refractivity contribution in [2.45, 2.75) is 33.1 Å². The third kappa shape index (κ3) is 3.54. The first-order chi connectivity index (χ1) is 9.39. The average molecular weight is 279 g/mol. The number of nitrogens with zero attached hydrogens (tertiary/aromatic N) is 1. The van der Waals surface area contributed by atoms with Gasteiger partial charge in [-0.25, -0.2) is 0 Å². The molecule has 2 amide bonds. The average Bonchev–Trinajstić information content (AvgIpc) is 2.66. The van der Waals surface area contributed by atoms with Crippen LogP contribution in [0.1, 0.15) is 33.1 Å². The fraction of sp³-hybridized carbons (Fsp3) is 0.667. The summed E-state index contributed by atoms with van der Waals surface area (Å²) in [4.78, 5) is 35.5. The molecule has 1 heterocycles. The van der Waals surface area contributed by atoms with Gasteiger partial charge < -0.3 is 4.74 Å². The Morgan fingerprint density at radius 1 is 1.25 bits per heavy atom. The Kier molecular flexibility index (Phi) is 4.38. The number of rotatable bonds is 7. The number of amides is 2. The second kappa shape index (κ2) is 5.87. The van der Waals surface area contributed by atoms with Crippen LogP contribution in [0.25, 0.3) is 0 Å². The number of ether oxygens (including phenoxy) is 1. The smallest absolute Gasteiger partial charge is 0.253 e. The maximum absolute atomic E-state index is 11.8. The fourth-order valence-corrected chi connectivity index (χ4v) is 2.79. The van der Waals surface area contributed by atoms with Crippen LogP contribution in [0.2, 0.25) is 0 Å². The van der Waals surface area contributed by atoms with E-state index in [1.165, 1.54) is 12.2 Å². The molecule has 0 N–H and O–H groups in total. The van der Waals surface area contributed by atoms with E-state index >= 15 is 0 Å². The SMILES string of the molecule is CC1(C)CC(C(=O)CCOCCN2C(=O)C=CC2=O)C1. The summed E-state index contributed by atoms with van der Waals surface area (Å²) in [6.45, 7) is 5.23. The fourth-order valence-electron chi connectivity index (χ4n) is 2.79. The molecular weight excluding hydrogens is 258 g/mol. The van der Waals surface area contributed by atoms with E-state index in [0.29, 0.717) is 18.4 Å². The van der Waals surface area contributed by atoms with Gasteiger partial charge in [0.15, 0.2) is 0 Å². The molecule has 5 nitrogen and oxygen atoms in total. The first-order valence-corrected chi connectivity index (χ1v) is 7.03. The lowest BCUT2D eigenvalue weighted by atomic mass is 9.63. The highest BCUT2D eigenvalue weighted by Crippen LogP contribution is 2.45. The number of hydrogen-bond acceptors (Lipinski definition) is 4. The molecule has 1 aliphatic heterocycles. The number of Topliss-reactive ketones (excluding diaryl/α,β-unsaturated/α-hetero) is 1. The predicted molar refractivity (Wildman–Crippen MR) is 72.8 cm³/mol. The molecule has 1 aliphatic carbocycles. The maximum atomic E-state index is 11.8. The molecule has 5 heteroatoms. The van der Waals surface area contributed by atoms with Crippen molar-refractivity contribution in [2.24, 2.45) is 11.3 Å². The van der Waals surface area contributed by atoms with Gasteiger partial charge in [-0.05, 0) is 18.3 Å². The molecule has 0 unspecified atom stereocenters. The Hall–Kier alpha value is -1.49. The van der Waals surface area contributed by atoms with Crippen LogP contribution in [0.5, 0.6) is 0 Å². The second-order valence-electron chi connectivity index (χ2n) is 6.26. The van der Waals surface area contributed by atoms with Crippen LogP contribution in [-0.2, 0) is 19.1 Å². The topological polar surface area (TPSA) is 63.7 Å². The molecule has 1 fully saturated rings. The van der Waals surface area contributed by atoms with Crippen LogP contribution < -0.4 is 0 Å². The van der Waals surface area contributed by atoms with Crippen molar-refractivity contribution in [2.75, 3.05) is 19.8 Å². The standard InChI is InChI=1S/C15H21NO4/c1-15(2)9-11(10-15)12(17)5-7-20-8-6-16-13(18)3-4-14(16)19/h3-4,11H,5-10H2,1-2H3. The van der Waals surface area contributed by atoms with Crippen molar-refractivity contribution in [3.63, 3.8) is 0 Å². The van der Waals surface area contributed by atoms with E-state index < -0.39 is 0 Å². The third-order valence-electron chi connectivity index (χ3n) is 3.91. The molecule has 1 saturated carbocycles. The van der Waals surface area contributed by atoms with Crippen LogP contribution >= 0.6 is 0 Å². The van der Waals surface area contributed by atoms with Gasteiger partial charge in [-0.15, -0.1) is 0 Å². The van der Waals surface area contributed by atoms with Crippen molar-refractivity contribution in [3.05, 3.63) is 12.2 Å². The van der Waals surface area contributed by atoms with E-state index in [2.05, 4.69) is 13.8 Å². The zero-order valence-electron chi connectivity index (χ0n) is 12.1. The first-order valence-electron chi connectivity index (χ1n) is 7.03. The summed E-state index contributed by atoms with van der Waals surface area (Å²) < 4.78 is 5.34. The van der Waals surface area contributed by atoms with Gasteiger partial charge >= 0.3 is 0 Å². The quantitative estimate of drug-likeness (QED) is 0.521. The van der Waals surface area contributed by atoms with E-state index in [1.807, 2.05) is 0 Å². The van der Waals surface area contributed by atoms with Crippen molar-refractivity contribution < 1.29 is 19.1 Å². The van der Waals surface area contributed by atoms with Crippen LogP contribution in [-0.4, -0.2) is 42.3 Å². The number of ketones is 1. The molecule has 0 spiro atoms. The van der Waals surface area contributed by atoms with E-state index in [1.54, 1.807) is 0 Å².